The fourth-order valence-corrected chi connectivity index (χ4v) is 3.94. The molecule has 8 heteroatoms. The van der Waals surface area contributed by atoms with Gasteiger partial charge >= 0.3 is 0 Å². The van der Waals surface area contributed by atoms with Crippen LogP contribution in [0.4, 0.5) is 10.1 Å². The number of aromatic nitrogens is 1. The number of piperazine rings is 1. The highest BCUT2D eigenvalue weighted by Gasteiger charge is 2.30. The van der Waals surface area contributed by atoms with E-state index in [9.17, 15) is 18.8 Å². The number of nitrogens with one attached hydrogen (secondary N) is 1. The van der Waals surface area contributed by atoms with Gasteiger partial charge in [0, 0.05) is 37.6 Å². The van der Waals surface area contributed by atoms with Gasteiger partial charge in [0.1, 0.15) is 12.4 Å². The van der Waals surface area contributed by atoms with E-state index >= 15 is 0 Å². The molecule has 3 aromatic rings. The van der Waals surface area contributed by atoms with Crippen LogP contribution in [-0.4, -0.2) is 52.9 Å². The van der Waals surface area contributed by atoms with Gasteiger partial charge in [-0.1, -0.05) is 30.3 Å². The maximum absolute atomic E-state index is 13.2. The molecule has 2 aromatic carbocycles. The first kappa shape index (κ1) is 22.4. The van der Waals surface area contributed by atoms with Crippen LogP contribution in [-0.2, 0) is 11.3 Å². The van der Waals surface area contributed by atoms with E-state index in [1.165, 1.54) is 47.2 Å². The highest BCUT2D eigenvalue weighted by molar-refractivity contribution is 6.04. The molecule has 1 aliphatic rings. The quantitative estimate of drug-likeness (QED) is 0.652. The third kappa shape index (κ3) is 5.35. The molecule has 1 unspecified atom stereocenters. The van der Waals surface area contributed by atoms with Gasteiger partial charge in [0.15, 0.2) is 0 Å². The minimum absolute atomic E-state index is 0.113. The Morgan fingerprint density at radius 3 is 2.45 bits per heavy atom. The molecule has 1 atom stereocenters. The van der Waals surface area contributed by atoms with Crippen molar-refractivity contribution < 1.29 is 14.0 Å². The molecule has 1 N–H and O–H groups in total. The van der Waals surface area contributed by atoms with Gasteiger partial charge in [0.05, 0.1) is 11.6 Å². The highest BCUT2D eigenvalue weighted by atomic mass is 19.1. The molecule has 7 nitrogen and oxygen atoms in total. The number of nitrogens with zero attached hydrogens (tertiary/aromatic N) is 3. The van der Waals surface area contributed by atoms with Crippen LogP contribution in [0, 0.1) is 5.82 Å². The van der Waals surface area contributed by atoms with Crippen LogP contribution in [0.2, 0.25) is 0 Å². The van der Waals surface area contributed by atoms with Crippen molar-refractivity contribution in [1.82, 2.24) is 14.4 Å². The van der Waals surface area contributed by atoms with Gasteiger partial charge in [0.2, 0.25) is 5.91 Å². The summed E-state index contributed by atoms with van der Waals surface area (Å²) in [6.45, 7) is 1.83. The minimum Gasteiger partial charge on any atom is -0.332 e. The first-order valence-corrected chi connectivity index (χ1v) is 10.7. The van der Waals surface area contributed by atoms with Crippen LogP contribution >= 0.6 is 0 Å². The molecule has 1 saturated heterocycles. The van der Waals surface area contributed by atoms with E-state index in [1.54, 1.807) is 4.90 Å². The number of anilines is 1. The Hall–Kier alpha value is -3.78. The number of hydrogen-bond acceptors (Lipinski definition) is 4. The van der Waals surface area contributed by atoms with Gasteiger partial charge in [-0.25, -0.2) is 4.39 Å². The molecule has 0 spiro atoms. The Morgan fingerprint density at radius 1 is 1.00 bits per heavy atom. The molecule has 0 saturated carbocycles. The van der Waals surface area contributed by atoms with Crippen LogP contribution < -0.4 is 10.9 Å². The highest BCUT2D eigenvalue weighted by Crippen LogP contribution is 2.25. The van der Waals surface area contributed by atoms with E-state index in [1.807, 2.05) is 37.4 Å². The van der Waals surface area contributed by atoms with Gasteiger partial charge in [0.25, 0.3) is 11.5 Å². The van der Waals surface area contributed by atoms with Crippen molar-refractivity contribution in [3.05, 3.63) is 100 Å². The van der Waals surface area contributed by atoms with E-state index in [2.05, 4.69) is 10.2 Å². The number of carbonyl (C=O) groups excluding carboxylic acids is 2. The first-order chi connectivity index (χ1) is 15.9. The standard InChI is InChI=1S/C25H25FN4O3/c1-28-13-14-30(22(16-28)18-5-3-2-4-6-18)24(32)17-29-15-19(7-12-23(29)31)25(33)27-21-10-8-20(26)9-11-21/h2-12,15,22H,13-14,16-17H2,1H3,(H,27,33). The summed E-state index contributed by atoms with van der Waals surface area (Å²) in [5, 5.41) is 2.66. The smallest absolute Gasteiger partial charge is 0.257 e. The number of benzene rings is 2. The number of halogens is 1. The second kappa shape index (κ2) is 9.79. The number of likely N-dealkylation sites (N-methyl/N-ethyl adjacent to an activating group) is 1. The molecule has 2 amide bonds. The lowest BCUT2D eigenvalue weighted by Crippen LogP contribution is -2.50. The van der Waals surface area contributed by atoms with Gasteiger partial charge < -0.3 is 19.7 Å². The third-order valence-corrected chi connectivity index (χ3v) is 5.74. The average molecular weight is 448 g/mol. The fraction of sp³-hybridized carbons (Fsp3) is 0.240. The molecular weight excluding hydrogens is 423 g/mol. The van der Waals surface area contributed by atoms with Gasteiger partial charge in [-0.3, -0.25) is 14.4 Å². The Bertz CT molecular complexity index is 1190. The normalized spacial score (nSPS) is 16.4. The number of amides is 2. The average Bonchev–Trinajstić information content (AvgIpc) is 2.82. The molecule has 0 aliphatic carbocycles. The Labute approximate surface area is 191 Å². The summed E-state index contributed by atoms with van der Waals surface area (Å²) in [6.07, 6.45) is 1.38. The van der Waals surface area contributed by atoms with Crippen molar-refractivity contribution in [2.24, 2.45) is 0 Å². The summed E-state index contributed by atoms with van der Waals surface area (Å²) < 4.78 is 14.3. The maximum Gasteiger partial charge on any atom is 0.257 e. The lowest BCUT2D eigenvalue weighted by atomic mass is 10.0. The molecular formula is C25H25FN4O3. The van der Waals surface area contributed by atoms with Crippen molar-refractivity contribution in [1.29, 1.82) is 0 Å². The predicted octanol–water partition coefficient (Wildman–Crippen LogP) is 2.76. The SMILES string of the molecule is CN1CCN(C(=O)Cn2cc(C(=O)Nc3ccc(F)cc3)ccc2=O)C(c2ccccc2)C1. The number of pyridine rings is 1. The second-order valence-corrected chi connectivity index (χ2v) is 8.12. The van der Waals surface area contributed by atoms with Crippen molar-refractivity contribution >= 4 is 17.5 Å². The summed E-state index contributed by atoms with van der Waals surface area (Å²) in [7, 11) is 2.02. The topological polar surface area (TPSA) is 74.7 Å². The lowest BCUT2D eigenvalue weighted by molar-refractivity contribution is -0.136. The molecule has 2 heterocycles. The molecule has 4 rings (SSSR count). The number of rotatable bonds is 5. The molecule has 0 bridgehead atoms. The van der Waals surface area contributed by atoms with Gasteiger partial charge in [-0.2, -0.15) is 0 Å². The Balaban J connectivity index is 1.52. The summed E-state index contributed by atoms with van der Waals surface area (Å²) in [5.74, 6) is -1.04. The summed E-state index contributed by atoms with van der Waals surface area (Å²) in [5.41, 5.74) is 1.33. The predicted molar refractivity (Wildman–Crippen MR) is 123 cm³/mol. The van der Waals surface area contributed by atoms with E-state index in [0.717, 1.165) is 12.1 Å². The van der Waals surface area contributed by atoms with Gasteiger partial charge in [-0.05, 0) is 42.9 Å². The van der Waals surface area contributed by atoms with Crippen LogP contribution in [0.1, 0.15) is 22.0 Å². The van der Waals surface area contributed by atoms with E-state index in [-0.39, 0.29) is 29.6 Å². The zero-order valence-corrected chi connectivity index (χ0v) is 18.3. The van der Waals surface area contributed by atoms with Crippen molar-refractivity contribution in [2.75, 3.05) is 32.0 Å². The van der Waals surface area contributed by atoms with Crippen LogP contribution in [0.3, 0.4) is 0 Å². The van der Waals surface area contributed by atoms with E-state index < -0.39 is 11.7 Å². The number of carbonyl (C=O) groups is 2. The van der Waals surface area contributed by atoms with Crippen molar-refractivity contribution in [3.63, 3.8) is 0 Å². The van der Waals surface area contributed by atoms with Crippen LogP contribution in [0.5, 0.6) is 0 Å². The molecule has 0 radical (unpaired) electrons. The molecule has 170 valence electrons. The zero-order chi connectivity index (χ0) is 23.4. The molecule has 1 aromatic heterocycles. The summed E-state index contributed by atoms with van der Waals surface area (Å²) in [6, 6.07) is 17.8. The summed E-state index contributed by atoms with van der Waals surface area (Å²) >= 11 is 0. The zero-order valence-electron chi connectivity index (χ0n) is 18.3. The Kier molecular flexibility index (Phi) is 6.65. The molecule has 33 heavy (non-hydrogen) atoms. The van der Waals surface area contributed by atoms with E-state index in [0.29, 0.717) is 18.8 Å². The summed E-state index contributed by atoms with van der Waals surface area (Å²) in [4.78, 5) is 42.2. The van der Waals surface area contributed by atoms with Crippen molar-refractivity contribution in [2.45, 2.75) is 12.6 Å². The van der Waals surface area contributed by atoms with Crippen LogP contribution in [0.15, 0.2) is 77.7 Å². The Morgan fingerprint density at radius 2 is 1.73 bits per heavy atom. The monoisotopic (exact) mass is 448 g/mol. The maximum atomic E-state index is 13.2. The van der Waals surface area contributed by atoms with E-state index in [4.69, 9.17) is 0 Å². The third-order valence-electron chi connectivity index (χ3n) is 5.74. The van der Waals surface area contributed by atoms with Crippen molar-refractivity contribution in [3.8, 4) is 0 Å². The van der Waals surface area contributed by atoms with Crippen LogP contribution in [0.25, 0.3) is 0 Å². The first-order valence-electron chi connectivity index (χ1n) is 10.7. The van der Waals surface area contributed by atoms with Gasteiger partial charge in [-0.15, -0.1) is 0 Å². The largest absolute Gasteiger partial charge is 0.332 e. The fourth-order valence-electron chi connectivity index (χ4n) is 3.94. The molecule has 1 fully saturated rings. The number of hydrogen-bond donors (Lipinski definition) is 1. The minimum atomic E-state index is -0.454. The second-order valence-electron chi connectivity index (χ2n) is 8.12. The molecule has 1 aliphatic heterocycles. The lowest BCUT2D eigenvalue weighted by Gasteiger charge is -2.40.